The lowest BCUT2D eigenvalue weighted by Gasteiger charge is -2.12. The molecular weight excluding hydrogens is 345 g/mol. The molecule has 0 aliphatic rings. The maximum absolute atomic E-state index is 14.8. The SMILES string of the molecule is N#Cc1ccc(Oc2c(Cl)ccc(Cc3ccc(=O)[nH]n3)c2F)cc1. The number of nitriles is 1. The Morgan fingerprint density at radius 3 is 2.56 bits per heavy atom. The van der Waals surface area contributed by atoms with Crippen molar-refractivity contribution in [3.05, 3.63) is 86.5 Å². The van der Waals surface area contributed by atoms with Gasteiger partial charge in [-0.05, 0) is 42.0 Å². The van der Waals surface area contributed by atoms with Crippen LogP contribution in [0.1, 0.15) is 16.8 Å². The van der Waals surface area contributed by atoms with Crippen LogP contribution in [-0.2, 0) is 6.42 Å². The first-order valence-corrected chi connectivity index (χ1v) is 7.64. The van der Waals surface area contributed by atoms with E-state index in [0.29, 0.717) is 22.6 Å². The van der Waals surface area contributed by atoms with Gasteiger partial charge in [0.05, 0.1) is 22.3 Å². The predicted octanol–water partition coefficient (Wildman–Crippen LogP) is 3.82. The molecule has 7 heteroatoms. The number of benzene rings is 2. The topological polar surface area (TPSA) is 78.8 Å². The largest absolute Gasteiger partial charge is 0.453 e. The van der Waals surface area contributed by atoms with Crippen molar-refractivity contribution in [2.45, 2.75) is 6.42 Å². The van der Waals surface area contributed by atoms with Crippen LogP contribution in [0.3, 0.4) is 0 Å². The van der Waals surface area contributed by atoms with E-state index in [2.05, 4.69) is 10.2 Å². The van der Waals surface area contributed by atoms with Crippen molar-refractivity contribution in [3.8, 4) is 17.6 Å². The van der Waals surface area contributed by atoms with Gasteiger partial charge in [0.25, 0.3) is 5.56 Å². The summed E-state index contributed by atoms with van der Waals surface area (Å²) in [5.74, 6) is -0.350. The van der Waals surface area contributed by atoms with E-state index in [9.17, 15) is 9.18 Å². The number of nitrogens with zero attached hydrogens (tertiary/aromatic N) is 2. The van der Waals surface area contributed by atoms with Gasteiger partial charge >= 0.3 is 0 Å². The summed E-state index contributed by atoms with van der Waals surface area (Å²) in [6.45, 7) is 0. The summed E-state index contributed by atoms with van der Waals surface area (Å²) in [6.07, 6.45) is 0.170. The first-order valence-electron chi connectivity index (χ1n) is 7.26. The Labute approximate surface area is 147 Å². The zero-order valence-electron chi connectivity index (χ0n) is 12.8. The zero-order chi connectivity index (χ0) is 17.8. The number of ether oxygens (including phenoxy) is 1. The Balaban J connectivity index is 1.89. The molecule has 0 aliphatic carbocycles. The number of rotatable bonds is 4. The average molecular weight is 356 g/mol. The van der Waals surface area contributed by atoms with Crippen molar-refractivity contribution in [2.24, 2.45) is 0 Å². The Kier molecular flexibility index (Phi) is 4.78. The van der Waals surface area contributed by atoms with Gasteiger partial charge in [-0.3, -0.25) is 4.79 Å². The first kappa shape index (κ1) is 16.7. The third kappa shape index (κ3) is 3.84. The van der Waals surface area contributed by atoms with Crippen LogP contribution >= 0.6 is 11.6 Å². The summed E-state index contributed by atoms with van der Waals surface area (Å²) in [5, 5.41) is 15.1. The number of aromatic nitrogens is 2. The van der Waals surface area contributed by atoms with E-state index in [-0.39, 0.29) is 22.8 Å². The third-order valence-electron chi connectivity index (χ3n) is 3.44. The van der Waals surface area contributed by atoms with Crippen LogP contribution in [0.25, 0.3) is 0 Å². The summed E-state index contributed by atoms with van der Waals surface area (Å²) in [6, 6.07) is 14.2. The minimum Gasteiger partial charge on any atom is -0.453 e. The molecule has 0 aliphatic heterocycles. The molecule has 2 aromatic carbocycles. The van der Waals surface area contributed by atoms with Gasteiger partial charge in [-0.1, -0.05) is 17.7 Å². The molecule has 25 heavy (non-hydrogen) atoms. The molecule has 124 valence electrons. The van der Waals surface area contributed by atoms with E-state index in [0.717, 1.165) is 0 Å². The molecule has 0 amide bonds. The standard InChI is InChI=1S/C18H11ClFN3O2/c19-15-7-3-12(9-13-4-8-16(24)23-22-13)17(20)18(15)25-14-5-1-11(10-21)2-6-14/h1-8H,9H2,(H,23,24). The van der Waals surface area contributed by atoms with Crippen molar-refractivity contribution in [3.63, 3.8) is 0 Å². The second-order valence-corrected chi connectivity index (χ2v) is 5.58. The average Bonchev–Trinajstić information content (AvgIpc) is 2.63. The second kappa shape index (κ2) is 7.16. The van der Waals surface area contributed by atoms with Gasteiger partial charge in [-0.25, -0.2) is 9.49 Å². The van der Waals surface area contributed by atoms with Gasteiger partial charge in [0.1, 0.15) is 5.75 Å². The lowest BCUT2D eigenvalue weighted by Crippen LogP contribution is -2.08. The molecule has 0 atom stereocenters. The van der Waals surface area contributed by atoms with E-state index in [4.69, 9.17) is 21.6 Å². The van der Waals surface area contributed by atoms with E-state index < -0.39 is 5.82 Å². The number of hydrogen-bond acceptors (Lipinski definition) is 4. The lowest BCUT2D eigenvalue weighted by atomic mass is 10.1. The molecule has 0 spiro atoms. The van der Waals surface area contributed by atoms with E-state index in [1.54, 1.807) is 24.3 Å². The third-order valence-corrected chi connectivity index (χ3v) is 3.74. The molecule has 0 bridgehead atoms. The number of aromatic amines is 1. The maximum Gasteiger partial charge on any atom is 0.264 e. The molecule has 0 unspecified atom stereocenters. The highest BCUT2D eigenvalue weighted by Gasteiger charge is 2.16. The van der Waals surface area contributed by atoms with Crippen molar-refractivity contribution in [2.75, 3.05) is 0 Å². The molecular formula is C18H11ClFN3O2. The van der Waals surface area contributed by atoms with Crippen LogP contribution in [-0.4, -0.2) is 10.2 Å². The monoisotopic (exact) mass is 355 g/mol. The van der Waals surface area contributed by atoms with Crippen molar-refractivity contribution >= 4 is 11.6 Å². The molecule has 1 N–H and O–H groups in total. The van der Waals surface area contributed by atoms with E-state index in [1.165, 1.54) is 24.3 Å². The first-order chi connectivity index (χ1) is 12.1. The quantitative estimate of drug-likeness (QED) is 0.771. The fourth-order valence-corrected chi connectivity index (χ4v) is 2.37. The van der Waals surface area contributed by atoms with Crippen LogP contribution in [0.5, 0.6) is 11.5 Å². The highest BCUT2D eigenvalue weighted by Crippen LogP contribution is 2.34. The van der Waals surface area contributed by atoms with Crippen LogP contribution < -0.4 is 10.3 Å². The van der Waals surface area contributed by atoms with Gasteiger partial charge in [-0.15, -0.1) is 0 Å². The van der Waals surface area contributed by atoms with Crippen LogP contribution in [0, 0.1) is 17.1 Å². The van der Waals surface area contributed by atoms with Crippen LogP contribution in [0.4, 0.5) is 4.39 Å². The Morgan fingerprint density at radius 1 is 1.16 bits per heavy atom. The fraction of sp³-hybridized carbons (Fsp3) is 0.0556. The van der Waals surface area contributed by atoms with Gasteiger partial charge in [0, 0.05) is 12.5 Å². The summed E-state index contributed by atoms with van der Waals surface area (Å²) in [5.41, 5.74) is 0.972. The molecule has 5 nitrogen and oxygen atoms in total. The van der Waals surface area contributed by atoms with Crippen molar-refractivity contribution < 1.29 is 9.13 Å². The van der Waals surface area contributed by atoms with Crippen molar-refractivity contribution in [1.29, 1.82) is 5.26 Å². The van der Waals surface area contributed by atoms with Gasteiger partial charge in [0.2, 0.25) is 0 Å². The molecule has 1 heterocycles. The highest BCUT2D eigenvalue weighted by atomic mass is 35.5. The van der Waals surface area contributed by atoms with Crippen LogP contribution in [0.2, 0.25) is 5.02 Å². The molecule has 3 rings (SSSR count). The summed E-state index contributed by atoms with van der Waals surface area (Å²) in [7, 11) is 0. The normalized spacial score (nSPS) is 10.3. The summed E-state index contributed by atoms with van der Waals surface area (Å²) in [4.78, 5) is 11.0. The number of H-pyrrole nitrogens is 1. The minimum atomic E-state index is -0.607. The zero-order valence-corrected chi connectivity index (χ0v) is 13.5. The summed E-state index contributed by atoms with van der Waals surface area (Å²) >= 11 is 6.05. The molecule has 3 aromatic rings. The van der Waals surface area contributed by atoms with E-state index in [1.807, 2.05) is 6.07 Å². The van der Waals surface area contributed by atoms with Gasteiger partial charge in [0.15, 0.2) is 11.6 Å². The highest BCUT2D eigenvalue weighted by molar-refractivity contribution is 6.32. The molecule has 0 radical (unpaired) electrons. The predicted molar refractivity (Wildman–Crippen MR) is 90.3 cm³/mol. The Morgan fingerprint density at radius 2 is 1.92 bits per heavy atom. The fourth-order valence-electron chi connectivity index (χ4n) is 2.19. The van der Waals surface area contributed by atoms with Gasteiger partial charge < -0.3 is 4.74 Å². The number of halogens is 2. The Bertz CT molecular complexity index is 990. The lowest BCUT2D eigenvalue weighted by molar-refractivity contribution is 0.439. The Hall–Kier alpha value is -3.17. The summed E-state index contributed by atoms with van der Waals surface area (Å²) < 4.78 is 20.3. The van der Waals surface area contributed by atoms with Crippen molar-refractivity contribution in [1.82, 2.24) is 10.2 Å². The van der Waals surface area contributed by atoms with Gasteiger partial charge in [-0.2, -0.15) is 10.4 Å². The van der Waals surface area contributed by atoms with Crippen LogP contribution in [0.15, 0.2) is 53.3 Å². The molecule has 0 fully saturated rings. The number of hydrogen-bond donors (Lipinski definition) is 1. The van der Waals surface area contributed by atoms with E-state index >= 15 is 0 Å². The molecule has 0 saturated carbocycles. The molecule has 0 saturated heterocycles. The maximum atomic E-state index is 14.8. The minimum absolute atomic E-state index is 0.103. The number of nitrogens with one attached hydrogen (secondary N) is 1. The molecule has 1 aromatic heterocycles. The second-order valence-electron chi connectivity index (χ2n) is 5.18. The smallest absolute Gasteiger partial charge is 0.264 e.